The molecule has 11 atom stereocenters. The number of carboxylic acids is 3. The number of aromatic nitrogens is 2. The SMILES string of the molecule is CC(C)C[C@H](NC(=O)[C@H](CCCCN)NC(=O)[C@@H](NC(=O)CNC(=O)[C@H](CCCCN)NC(=O)[C@H](CC(C)C)NC(=O)[C@@H](NC(=O)[C@@H]1CCCN1C(=O)[C@H](CCC(=O)O)NC(=O)[C@H](CO)NC(=O)[C@@H](N)CC(=O)O)C(C)C)C(C)C)C(=O)N[C@@H](Cc1cnc[nH]1)C(=O)O. The highest BCUT2D eigenvalue weighted by molar-refractivity contribution is 5.99. The summed E-state index contributed by atoms with van der Waals surface area (Å²) in [6, 6.07) is -15.3. The second kappa shape index (κ2) is 41.3. The van der Waals surface area contributed by atoms with Crippen LogP contribution in [-0.2, 0) is 73.5 Å². The van der Waals surface area contributed by atoms with Crippen molar-refractivity contribution in [1.29, 1.82) is 0 Å². The molecule has 1 aliphatic heterocycles. The summed E-state index contributed by atoms with van der Waals surface area (Å²) in [5, 5.41) is 63.6. The van der Waals surface area contributed by atoms with Gasteiger partial charge in [-0.3, -0.25) is 62.3 Å². The van der Waals surface area contributed by atoms with Crippen LogP contribution in [-0.4, -0.2) is 217 Å². The molecule has 1 aromatic rings. The van der Waals surface area contributed by atoms with Gasteiger partial charge in [-0.2, -0.15) is 0 Å². The minimum Gasteiger partial charge on any atom is -0.481 e. The van der Waals surface area contributed by atoms with Crippen LogP contribution in [0.5, 0.6) is 0 Å². The number of hydrogen-bond acceptors (Lipinski definition) is 19. The van der Waals surface area contributed by atoms with Gasteiger partial charge in [-0.05, 0) is 107 Å². The quantitative estimate of drug-likeness (QED) is 0.0276. The molecule has 0 aromatic carbocycles. The number of aliphatic carboxylic acids is 3. The molecule has 524 valence electrons. The predicted molar refractivity (Wildman–Crippen MR) is 334 cm³/mol. The van der Waals surface area contributed by atoms with Crippen LogP contribution in [0.15, 0.2) is 12.5 Å². The van der Waals surface area contributed by atoms with E-state index in [2.05, 4.69) is 63.1 Å². The lowest BCUT2D eigenvalue weighted by Crippen LogP contribution is -2.61. The van der Waals surface area contributed by atoms with Crippen molar-refractivity contribution in [3.05, 3.63) is 18.2 Å². The summed E-state index contributed by atoms with van der Waals surface area (Å²) in [6.07, 6.45) is 2.84. The van der Waals surface area contributed by atoms with Crippen LogP contribution in [0.3, 0.4) is 0 Å². The molecule has 0 spiro atoms. The number of nitrogens with one attached hydrogen (secondary N) is 11. The van der Waals surface area contributed by atoms with Gasteiger partial charge < -0.3 is 101 Å². The van der Waals surface area contributed by atoms with E-state index in [0.29, 0.717) is 31.4 Å². The van der Waals surface area contributed by atoms with Crippen LogP contribution in [0.4, 0.5) is 0 Å². The number of carbonyl (C=O) groups is 14. The molecule has 11 amide bonds. The molecule has 93 heavy (non-hydrogen) atoms. The summed E-state index contributed by atoms with van der Waals surface area (Å²) in [7, 11) is 0. The van der Waals surface area contributed by atoms with Crippen molar-refractivity contribution in [2.24, 2.45) is 40.9 Å². The molecule has 0 bridgehead atoms. The first-order chi connectivity index (χ1) is 43.7. The number of unbranched alkanes of at least 4 members (excludes halogenated alkanes) is 2. The van der Waals surface area contributed by atoms with E-state index in [1.807, 2.05) is 0 Å². The second-order valence-corrected chi connectivity index (χ2v) is 24.6. The lowest BCUT2D eigenvalue weighted by Gasteiger charge is -2.31. The Balaban J connectivity index is 2.28. The molecule has 1 aliphatic rings. The highest BCUT2D eigenvalue weighted by Gasteiger charge is 2.41. The Kier molecular flexibility index (Phi) is 35.8. The number of carbonyl (C=O) groups excluding carboxylic acids is 11. The number of H-pyrrole nitrogens is 1. The smallest absolute Gasteiger partial charge is 0.326 e. The molecule has 0 unspecified atom stereocenters. The van der Waals surface area contributed by atoms with Gasteiger partial charge in [0.05, 0.1) is 31.9 Å². The third-order valence-corrected chi connectivity index (χ3v) is 15.0. The molecular weight excluding hydrogens is 1220 g/mol. The van der Waals surface area contributed by atoms with Crippen LogP contribution in [0.2, 0.25) is 0 Å². The maximum Gasteiger partial charge on any atom is 0.326 e. The van der Waals surface area contributed by atoms with Crippen molar-refractivity contribution in [3.8, 4) is 0 Å². The number of aromatic amines is 1. The van der Waals surface area contributed by atoms with Crippen molar-refractivity contribution in [3.63, 3.8) is 0 Å². The zero-order chi connectivity index (χ0) is 70.2. The molecule has 1 saturated heterocycles. The number of carboxylic acid groups (broad SMARTS) is 3. The fourth-order valence-corrected chi connectivity index (χ4v) is 9.97. The van der Waals surface area contributed by atoms with E-state index in [1.165, 1.54) is 12.5 Å². The standard InChI is InChI=1S/C59H100N16O18/c1-30(2)22-39(53(86)71-41(59(92)93)24-34-26-63-29-65-34)69-51(84)37(15-10-12-20-61)67-56(89)47(32(5)6)73-44(77)27-64-50(83)36(14-9-11-19-60)66-52(85)40(23-31(3)4)70-57(90)48(33(7)8)74-55(88)43-16-13-21-75(43)58(91)38(17-18-45(78)79)68-54(87)42(28-76)72-49(82)35(62)25-46(80)81/h26,29-33,35-43,47-48,76H,9-25,27-28,60-62H2,1-8H3,(H,63,65)(H,64,83)(H,66,85)(H,67,89)(H,68,87)(H,69,84)(H,70,90)(H,71,86)(H,72,82)(H,73,77)(H,74,88)(H,78,79)(H,80,81)(H,92,93)/t35-,36-,37-,38-,39-,40-,41-,42-,43-,47-,48-/m0/s1. The molecule has 1 aromatic heterocycles. The van der Waals surface area contributed by atoms with Gasteiger partial charge in [-0.25, -0.2) is 9.78 Å². The van der Waals surface area contributed by atoms with Crippen molar-refractivity contribution in [2.45, 2.75) is 212 Å². The van der Waals surface area contributed by atoms with Gasteiger partial charge in [0.15, 0.2) is 0 Å². The summed E-state index contributed by atoms with van der Waals surface area (Å²) in [4.78, 5) is 194. The molecule has 21 N–H and O–H groups in total. The van der Waals surface area contributed by atoms with Crippen molar-refractivity contribution in [1.82, 2.24) is 68.0 Å². The molecule has 2 heterocycles. The summed E-state index contributed by atoms with van der Waals surface area (Å²) < 4.78 is 0. The molecule has 0 aliphatic carbocycles. The van der Waals surface area contributed by atoms with Gasteiger partial charge in [-0.15, -0.1) is 0 Å². The van der Waals surface area contributed by atoms with Crippen molar-refractivity contribution in [2.75, 3.05) is 32.8 Å². The minimum atomic E-state index is -1.75. The third-order valence-electron chi connectivity index (χ3n) is 15.0. The maximum absolute atomic E-state index is 14.2. The second-order valence-electron chi connectivity index (χ2n) is 24.6. The first-order valence-electron chi connectivity index (χ1n) is 31.5. The number of aliphatic hydroxyl groups is 1. The normalized spacial score (nSPS) is 16.2. The van der Waals surface area contributed by atoms with E-state index in [0.717, 1.165) is 4.90 Å². The fourth-order valence-electron chi connectivity index (χ4n) is 9.97. The number of nitrogens with two attached hydrogens (primary N) is 3. The lowest BCUT2D eigenvalue weighted by molar-refractivity contribution is -0.144. The number of imidazole rings is 1. The van der Waals surface area contributed by atoms with Gasteiger partial charge in [0.1, 0.15) is 60.4 Å². The Labute approximate surface area is 540 Å². The topological polar surface area (TPSA) is 550 Å². The maximum atomic E-state index is 14.2. The molecular formula is C59H100N16O18. The highest BCUT2D eigenvalue weighted by atomic mass is 16.4. The Bertz CT molecular complexity index is 2680. The Morgan fingerprint density at radius 3 is 1.53 bits per heavy atom. The third kappa shape index (κ3) is 29.0. The number of likely N-dealkylation sites (tertiary alicyclic amines) is 1. The number of nitrogens with zero attached hydrogens (tertiary/aromatic N) is 2. The van der Waals surface area contributed by atoms with E-state index in [4.69, 9.17) is 22.3 Å². The Morgan fingerprint density at radius 1 is 0.570 bits per heavy atom. The number of hydrogen-bond donors (Lipinski definition) is 18. The molecule has 34 heteroatoms. The first kappa shape index (κ1) is 80.7. The van der Waals surface area contributed by atoms with E-state index >= 15 is 0 Å². The number of rotatable bonds is 44. The first-order valence-corrected chi connectivity index (χ1v) is 31.5. The van der Waals surface area contributed by atoms with E-state index in [-0.39, 0.29) is 76.4 Å². The summed E-state index contributed by atoms with van der Waals surface area (Å²) in [5.74, 6) is -15.3. The van der Waals surface area contributed by atoms with Crippen molar-refractivity contribution >= 4 is 82.9 Å². The van der Waals surface area contributed by atoms with Crippen LogP contribution in [0, 0.1) is 23.7 Å². The minimum absolute atomic E-state index is 0.0262. The summed E-state index contributed by atoms with van der Waals surface area (Å²) >= 11 is 0. The molecule has 2 rings (SSSR count). The zero-order valence-electron chi connectivity index (χ0n) is 54.4. The average molecular weight is 1320 g/mol. The Hall–Kier alpha value is -8.37. The van der Waals surface area contributed by atoms with Gasteiger partial charge in [-0.1, -0.05) is 55.4 Å². The molecule has 0 saturated carbocycles. The molecule has 1 fully saturated rings. The highest BCUT2D eigenvalue weighted by Crippen LogP contribution is 2.21. The summed E-state index contributed by atoms with van der Waals surface area (Å²) in [6.45, 7) is 12.3. The summed E-state index contributed by atoms with van der Waals surface area (Å²) in [5.41, 5.74) is 17.5. The lowest BCUT2D eigenvalue weighted by atomic mass is 9.99. The van der Waals surface area contributed by atoms with Crippen LogP contribution < -0.4 is 70.4 Å². The van der Waals surface area contributed by atoms with Gasteiger partial charge in [0, 0.05) is 31.3 Å². The predicted octanol–water partition coefficient (Wildman–Crippen LogP) is -4.17. The number of aliphatic hydroxyl groups excluding tert-OH is 1. The van der Waals surface area contributed by atoms with Crippen LogP contribution in [0.1, 0.15) is 145 Å². The van der Waals surface area contributed by atoms with Gasteiger partial charge in [0.2, 0.25) is 65.0 Å². The van der Waals surface area contributed by atoms with Gasteiger partial charge in [0.25, 0.3) is 0 Å². The largest absolute Gasteiger partial charge is 0.481 e. The van der Waals surface area contributed by atoms with Crippen LogP contribution in [0.25, 0.3) is 0 Å². The Morgan fingerprint density at radius 2 is 1.04 bits per heavy atom. The monoisotopic (exact) mass is 1320 g/mol. The van der Waals surface area contributed by atoms with Crippen molar-refractivity contribution < 1.29 is 87.5 Å². The molecule has 34 nitrogen and oxygen atoms in total. The fraction of sp³-hybridized carbons (Fsp3) is 0.712. The number of amides is 11. The van der Waals surface area contributed by atoms with E-state index < -0.39 is 194 Å². The zero-order valence-corrected chi connectivity index (χ0v) is 54.4. The van der Waals surface area contributed by atoms with E-state index in [9.17, 15) is 82.4 Å². The van der Waals surface area contributed by atoms with Gasteiger partial charge >= 0.3 is 17.9 Å². The van der Waals surface area contributed by atoms with Crippen LogP contribution >= 0.6 is 0 Å². The average Bonchev–Trinajstić information content (AvgIpc) is 2.10. The van der Waals surface area contributed by atoms with E-state index in [1.54, 1.807) is 55.4 Å². The molecule has 0 radical (unpaired) electrons.